The van der Waals surface area contributed by atoms with Crippen molar-refractivity contribution < 1.29 is 21.9 Å². The molecule has 0 fully saturated rings. The van der Waals surface area contributed by atoms with E-state index in [4.69, 9.17) is 13.5 Å². The fourth-order valence-electron chi connectivity index (χ4n) is 4.78. The summed E-state index contributed by atoms with van der Waals surface area (Å²) in [5.74, 6) is 0. The van der Waals surface area contributed by atoms with Gasteiger partial charge in [0.1, 0.15) is 0 Å². The van der Waals surface area contributed by atoms with Gasteiger partial charge in [-0.15, -0.1) is 0 Å². The summed E-state index contributed by atoms with van der Waals surface area (Å²) in [5.41, 5.74) is 0. The van der Waals surface area contributed by atoms with E-state index in [2.05, 4.69) is 20.8 Å². The molecule has 0 unspecified atom stereocenters. The summed E-state index contributed by atoms with van der Waals surface area (Å²) < 4.78 is 33.3. The molecule has 0 aliphatic heterocycles. The van der Waals surface area contributed by atoms with E-state index in [9.17, 15) is 8.42 Å². The van der Waals surface area contributed by atoms with Gasteiger partial charge in [-0.05, 0) is 19.3 Å². The molecule has 0 bridgehead atoms. The van der Waals surface area contributed by atoms with Crippen molar-refractivity contribution in [1.82, 2.24) is 0 Å². The predicted molar refractivity (Wildman–Crippen MR) is 174 cm³/mol. The summed E-state index contributed by atoms with van der Waals surface area (Å²) in [4.78, 5) is 0. The molecule has 244 valence electrons. The molecule has 0 aromatic heterocycles. The van der Waals surface area contributed by atoms with Crippen LogP contribution in [0, 0.1) is 0 Å². The lowest BCUT2D eigenvalue weighted by atomic mass is 10.1. The molecule has 0 aromatic carbocycles. The molecule has 0 aliphatic carbocycles. The van der Waals surface area contributed by atoms with Crippen LogP contribution in [0.5, 0.6) is 0 Å². The van der Waals surface area contributed by atoms with Gasteiger partial charge in [-0.25, -0.2) is 8.37 Å². The minimum absolute atomic E-state index is 0.247. The van der Waals surface area contributed by atoms with Gasteiger partial charge >= 0.3 is 10.4 Å². The molecule has 0 radical (unpaired) electrons. The summed E-state index contributed by atoms with van der Waals surface area (Å²) in [6.45, 7) is 7.59. The quantitative estimate of drug-likeness (QED) is 0.0786. The van der Waals surface area contributed by atoms with Crippen LogP contribution in [-0.2, 0) is 18.8 Å². The minimum atomic E-state index is -3.80. The number of rotatable bonds is 32. The molecule has 0 rings (SSSR count). The number of aliphatic hydroxyl groups is 1. The summed E-state index contributed by atoms with van der Waals surface area (Å²) >= 11 is 0. The van der Waals surface area contributed by atoms with Crippen molar-refractivity contribution in [3.05, 3.63) is 0 Å². The zero-order valence-corrected chi connectivity index (χ0v) is 28.2. The Morgan fingerprint density at radius 1 is 0.375 bits per heavy atom. The lowest BCUT2D eigenvalue weighted by molar-refractivity contribution is 0.208. The Kier molecular flexibility index (Phi) is 38.7. The van der Waals surface area contributed by atoms with Crippen molar-refractivity contribution in [1.29, 1.82) is 0 Å². The van der Waals surface area contributed by atoms with E-state index in [0.29, 0.717) is 6.61 Å². The van der Waals surface area contributed by atoms with Crippen molar-refractivity contribution in [2.45, 2.75) is 201 Å². The molecule has 0 saturated carbocycles. The normalized spacial score (nSPS) is 11.5. The number of hydrogen-bond acceptors (Lipinski definition) is 5. The summed E-state index contributed by atoms with van der Waals surface area (Å²) in [5, 5.41) is 8.51. The minimum Gasteiger partial charge on any atom is -0.396 e. The highest BCUT2D eigenvalue weighted by Gasteiger charge is 2.11. The molecule has 5 nitrogen and oxygen atoms in total. The topological polar surface area (TPSA) is 72.8 Å². The van der Waals surface area contributed by atoms with Gasteiger partial charge in [0.25, 0.3) is 0 Å². The molecule has 1 N–H and O–H groups in total. The maximum atomic E-state index is 11.7. The van der Waals surface area contributed by atoms with Gasteiger partial charge in [-0.2, -0.15) is 8.42 Å². The zero-order chi connectivity index (χ0) is 29.8. The first-order valence-electron chi connectivity index (χ1n) is 17.7. The van der Waals surface area contributed by atoms with Crippen LogP contribution >= 0.6 is 0 Å². The smallest absolute Gasteiger partial charge is 0.396 e. The molecule has 0 heterocycles. The van der Waals surface area contributed by atoms with E-state index < -0.39 is 10.4 Å². The Hall–Kier alpha value is -0.170. The summed E-state index contributed by atoms with van der Waals surface area (Å²) in [6.07, 6.45) is 34.8. The van der Waals surface area contributed by atoms with Crippen LogP contribution in [-0.4, -0.2) is 33.3 Å². The number of aliphatic hydroxyl groups excluding tert-OH is 1. The monoisotopic (exact) mass is 593 g/mol. The van der Waals surface area contributed by atoms with Crippen molar-refractivity contribution in [3.8, 4) is 0 Å². The average Bonchev–Trinajstić information content (AvgIpc) is 2.94. The van der Waals surface area contributed by atoms with E-state index in [-0.39, 0.29) is 13.2 Å². The summed E-state index contributed by atoms with van der Waals surface area (Å²) in [6, 6.07) is 0. The Bertz CT molecular complexity index is 498. The SMILES string of the molecule is CCCCCCCCCCCCOS(=O)(=O)OCCCCCCCCCCCC.CCCCCCCCCCO. The van der Waals surface area contributed by atoms with E-state index in [1.54, 1.807) is 0 Å². The second-order valence-electron chi connectivity index (χ2n) is 11.6. The first-order valence-corrected chi connectivity index (χ1v) is 19.0. The van der Waals surface area contributed by atoms with Crippen LogP contribution in [0.1, 0.15) is 201 Å². The molecule has 0 saturated heterocycles. The highest BCUT2D eigenvalue weighted by atomic mass is 32.3. The fourth-order valence-corrected chi connectivity index (χ4v) is 5.49. The third kappa shape index (κ3) is 40.0. The molecule has 0 amide bonds. The maximum Gasteiger partial charge on any atom is 0.399 e. The number of hydrogen-bond donors (Lipinski definition) is 1. The van der Waals surface area contributed by atoms with Crippen LogP contribution in [0.4, 0.5) is 0 Å². The Morgan fingerprint density at radius 2 is 0.600 bits per heavy atom. The van der Waals surface area contributed by atoms with E-state index in [1.807, 2.05) is 0 Å². The maximum absolute atomic E-state index is 11.7. The standard InChI is InChI=1S/C24H50O4S.C10H22O/c1-3-5-7-9-11-13-15-17-19-21-23-27-29(25,26)28-24-22-20-18-16-14-12-10-8-6-4-2;1-2-3-4-5-6-7-8-9-10-11/h3-24H2,1-2H3;11H,2-10H2,1H3. The molecular formula is C34H72O5S. The van der Waals surface area contributed by atoms with Gasteiger partial charge in [-0.3, -0.25) is 0 Å². The molecule has 0 spiro atoms. The highest BCUT2D eigenvalue weighted by molar-refractivity contribution is 7.81. The van der Waals surface area contributed by atoms with E-state index >= 15 is 0 Å². The third-order valence-corrected chi connectivity index (χ3v) is 8.37. The van der Waals surface area contributed by atoms with Crippen molar-refractivity contribution >= 4 is 10.4 Å². The lowest BCUT2D eigenvalue weighted by Gasteiger charge is -2.06. The molecule has 0 aliphatic rings. The van der Waals surface area contributed by atoms with Gasteiger partial charge in [0.05, 0.1) is 13.2 Å². The second-order valence-corrected chi connectivity index (χ2v) is 12.9. The van der Waals surface area contributed by atoms with Gasteiger partial charge in [0.15, 0.2) is 0 Å². The second kappa shape index (κ2) is 36.9. The molecule has 0 atom stereocenters. The van der Waals surface area contributed by atoms with Gasteiger partial charge in [-0.1, -0.05) is 181 Å². The van der Waals surface area contributed by atoms with Gasteiger partial charge in [0.2, 0.25) is 0 Å². The van der Waals surface area contributed by atoms with Crippen molar-refractivity contribution in [2.75, 3.05) is 19.8 Å². The Morgan fingerprint density at radius 3 is 0.850 bits per heavy atom. The number of unbranched alkanes of at least 4 members (excludes halogenated alkanes) is 25. The first kappa shape index (κ1) is 42.0. The average molecular weight is 593 g/mol. The lowest BCUT2D eigenvalue weighted by Crippen LogP contribution is -2.12. The van der Waals surface area contributed by atoms with Crippen LogP contribution in [0.15, 0.2) is 0 Å². The third-order valence-electron chi connectivity index (χ3n) is 7.46. The predicted octanol–water partition coefficient (Wildman–Crippen LogP) is 11.2. The Balaban J connectivity index is 0. The van der Waals surface area contributed by atoms with Crippen molar-refractivity contribution in [2.24, 2.45) is 0 Å². The van der Waals surface area contributed by atoms with Crippen molar-refractivity contribution in [3.63, 3.8) is 0 Å². The zero-order valence-electron chi connectivity index (χ0n) is 27.4. The summed E-state index contributed by atoms with van der Waals surface area (Å²) in [7, 11) is -3.80. The van der Waals surface area contributed by atoms with Crippen LogP contribution in [0.25, 0.3) is 0 Å². The van der Waals surface area contributed by atoms with Gasteiger partial charge < -0.3 is 5.11 Å². The van der Waals surface area contributed by atoms with Crippen LogP contribution in [0.2, 0.25) is 0 Å². The molecule has 40 heavy (non-hydrogen) atoms. The van der Waals surface area contributed by atoms with E-state index in [1.165, 1.54) is 135 Å². The molecular weight excluding hydrogens is 520 g/mol. The van der Waals surface area contributed by atoms with Crippen LogP contribution in [0.3, 0.4) is 0 Å². The largest absolute Gasteiger partial charge is 0.399 e. The Labute approximate surface area is 252 Å². The van der Waals surface area contributed by atoms with Crippen LogP contribution < -0.4 is 0 Å². The molecule has 0 aromatic rings. The molecule has 6 heteroatoms. The fraction of sp³-hybridized carbons (Fsp3) is 1.00. The van der Waals surface area contributed by atoms with Gasteiger partial charge in [0, 0.05) is 6.61 Å². The highest BCUT2D eigenvalue weighted by Crippen LogP contribution is 2.13. The van der Waals surface area contributed by atoms with E-state index in [0.717, 1.165) is 44.9 Å². The first-order chi connectivity index (χ1) is 19.5.